The SMILES string of the molecule is CC(C)C(O)[C@@H]1[C@@H](C(=O)O)C1(C)C. The van der Waals surface area contributed by atoms with Gasteiger partial charge in [0.1, 0.15) is 0 Å². The fourth-order valence-corrected chi connectivity index (χ4v) is 2.20. The van der Waals surface area contributed by atoms with Crippen molar-refractivity contribution in [1.29, 1.82) is 0 Å². The molecule has 0 amide bonds. The first-order valence-electron chi connectivity index (χ1n) is 4.71. The maximum Gasteiger partial charge on any atom is 0.307 e. The number of aliphatic hydroxyl groups is 1. The Labute approximate surface area is 78.8 Å². The van der Waals surface area contributed by atoms with Crippen molar-refractivity contribution in [3.8, 4) is 0 Å². The largest absolute Gasteiger partial charge is 0.481 e. The molecule has 1 aliphatic rings. The van der Waals surface area contributed by atoms with E-state index in [1.165, 1.54) is 0 Å². The molecule has 0 spiro atoms. The summed E-state index contributed by atoms with van der Waals surface area (Å²) in [5.41, 5.74) is -0.241. The van der Waals surface area contributed by atoms with Gasteiger partial charge in [0.15, 0.2) is 0 Å². The van der Waals surface area contributed by atoms with E-state index in [1.807, 2.05) is 27.7 Å². The van der Waals surface area contributed by atoms with Crippen molar-refractivity contribution in [2.75, 3.05) is 0 Å². The highest BCUT2D eigenvalue weighted by Gasteiger charge is 2.65. The van der Waals surface area contributed by atoms with Gasteiger partial charge >= 0.3 is 5.97 Å². The highest BCUT2D eigenvalue weighted by molar-refractivity contribution is 5.75. The van der Waals surface area contributed by atoms with Gasteiger partial charge in [-0.3, -0.25) is 4.79 Å². The van der Waals surface area contributed by atoms with Gasteiger partial charge in [-0.05, 0) is 11.3 Å². The zero-order valence-electron chi connectivity index (χ0n) is 8.61. The Kier molecular flexibility index (Phi) is 2.41. The van der Waals surface area contributed by atoms with Gasteiger partial charge in [-0.15, -0.1) is 0 Å². The number of carboxylic acid groups (broad SMARTS) is 1. The third-order valence-corrected chi connectivity index (χ3v) is 3.23. The van der Waals surface area contributed by atoms with Crippen molar-refractivity contribution in [2.24, 2.45) is 23.2 Å². The Bertz CT molecular complexity index is 220. The number of aliphatic carboxylic acids is 1. The first-order chi connectivity index (χ1) is 5.80. The summed E-state index contributed by atoms with van der Waals surface area (Å²) in [6, 6.07) is 0. The maximum atomic E-state index is 10.8. The summed E-state index contributed by atoms with van der Waals surface area (Å²) in [5.74, 6) is -1.10. The first kappa shape index (κ1) is 10.5. The molecule has 1 rings (SSSR count). The van der Waals surface area contributed by atoms with E-state index >= 15 is 0 Å². The van der Waals surface area contributed by atoms with Crippen molar-refractivity contribution in [1.82, 2.24) is 0 Å². The molecule has 76 valence electrons. The molecule has 3 nitrogen and oxygen atoms in total. The van der Waals surface area contributed by atoms with Gasteiger partial charge in [0.25, 0.3) is 0 Å². The van der Waals surface area contributed by atoms with E-state index in [2.05, 4.69) is 0 Å². The molecule has 0 saturated heterocycles. The van der Waals surface area contributed by atoms with E-state index < -0.39 is 12.1 Å². The Morgan fingerprint density at radius 1 is 1.38 bits per heavy atom. The van der Waals surface area contributed by atoms with Crippen molar-refractivity contribution >= 4 is 5.97 Å². The number of carboxylic acids is 1. The fourth-order valence-electron chi connectivity index (χ4n) is 2.20. The molecular formula is C10H18O3. The van der Waals surface area contributed by atoms with Crippen LogP contribution in [0, 0.1) is 23.2 Å². The van der Waals surface area contributed by atoms with Gasteiger partial charge in [0, 0.05) is 5.92 Å². The third-order valence-electron chi connectivity index (χ3n) is 3.23. The fraction of sp³-hybridized carbons (Fsp3) is 0.900. The van der Waals surface area contributed by atoms with Crippen LogP contribution in [0.3, 0.4) is 0 Å². The standard InChI is InChI=1S/C10H18O3/c1-5(2)8(11)6-7(9(12)13)10(6,3)4/h5-8,11H,1-4H3,(H,12,13)/t6-,7-,8?/m0/s1. The monoisotopic (exact) mass is 186 g/mol. The Hall–Kier alpha value is -0.570. The van der Waals surface area contributed by atoms with Crippen LogP contribution in [-0.2, 0) is 4.79 Å². The van der Waals surface area contributed by atoms with Crippen LogP contribution in [0.25, 0.3) is 0 Å². The maximum absolute atomic E-state index is 10.8. The highest BCUT2D eigenvalue weighted by Crippen LogP contribution is 2.60. The lowest BCUT2D eigenvalue weighted by molar-refractivity contribution is -0.139. The summed E-state index contributed by atoms with van der Waals surface area (Å²) in [4.78, 5) is 10.8. The lowest BCUT2D eigenvalue weighted by Crippen LogP contribution is -2.20. The molecule has 0 bridgehead atoms. The van der Waals surface area contributed by atoms with Crippen LogP contribution in [0.1, 0.15) is 27.7 Å². The van der Waals surface area contributed by atoms with Crippen molar-refractivity contribution in [2.45, 2.75) is 33.8 Å². The highest BCUT2D eigenvalue weighted by atomic mass is 16.4. The molecule has 1 unspecified atom stereocenters. The van der Waals surface area contributed by atoms with Crippen molar-refractivity contribution < 1.29 is 15.0 Å². The zero-order valence-corrected chi connectivity index (χ0v) is 8.61. The molecule has 3 heteroatoms. The van der Waals surface area contributed by atoms with Crippen LogP contribution in [0.5, 0.6) is 0 Å². The Balaban J connectivity index is 2.70. The van der Waals surface area contributed by atoms with Gasteiger partial charge in [0.05, 0.1) is 12.0 Å². The molecule has 1 fully saturated rings. The molecule has 1 aliphatic carbocycles. The quantitative estimate of drug-likeness (QED) is 0.699. The van der Waals surface area contributed by atoms with Gasteiger partial charge < -0.3 is 10.2 Å². The van der Waals surface area contributed by atoms with Gasteiger partial charge in [-0.1, -0.05) is 27.7 Å². The topological polar surface area (TPSA) is 57.5 Å². The van der Waals surface area contributed by atoms with Crippen LogP contribution >= 0.6 is 0 Å². The summed E-state index contributed by atoms with van der Waals surface area (Å²) < 4.78 is 0. The van der Waals surface area contributed by atoms with E-state index in [1.54, 1.807) is 0 Å². The molecule has 0 aliphatic heterocycles. The number of carbonyl (C=O) groups is 1. The first-order valence-corrected chi connectivity index (χ1v) is 4.71. The van der Waals surface area contributed by atoms with Crippen LogP contribution in [0.2, 0.25) is 0 Å². The van der Waals surface area contributed by atoms with Crippen LogP contribution < -0.4 is 0 Å². The average molecular weight is 186 g/mol. The minimum atomic E-state index is -0.783. The molecule has 0 heterocycles. The van der Waals surface area contributed by atoms with Crippen LogP contribution in [0.15, 0.2) is 0 Å². The number of hydrogen-bond donors (Lipinski definition) is 2. The number of hydrogen-bond acceptors (Lipinski definition) is 2. The summed E-state index contributed by atoms with van der Waals surface area (Å²) >= 11 is 0. The molecule has 3 atom stereocenters. The van der Waals surface area contributed by atoms with E-state index in [-0.39, 0.29) is 23.2 Å². The van der Waals surface area contributed by atoms with Crippen LogP contribution in [-0.4, -0.2) is 22.3 Å². The Morgan fingerprint density at radius 2 is 1.85 bits per heavy atom. The van der Waals surface area contributed by atoms with E-state index in [4.69, 9.17) is 5.11 Å². The van der Waals surface area contributed by atoms with E-state index in [0.717, 1.165) is 0 Å². The lowest BCUT2D eigenvalue weighted by atomic mass is 9.98. The minimum Gasteiger partial charge on any atom is -0.481 e. The summed E-state index contributed by atoms with van der Waals surface area (Å²) in [6.07, 6.45) is -0.490. The molecule has 13 heavy (non-hydrogen) atoms. The van der Waals surface area contributed by atoms with Gasteiger partial charge in [0.2, 0.25) is 0 Å². The Morgan fingerprint density at radius 3 is 2.08 bits per heavy atom. The smallest absolute Gasteiger partial charge is 0.307 e. The second-order valence-corrected chi connectivity index (χ2v) is 4.90. The summed E-state index contributed by atoms with van der Waals surface area (Å²) in [7, 11) is 0. The van der Waals surface area contributed by atoms with E-state index in [0.29, 0.717) is 0 Å². The molecule has 2 N–H and O–H groups in total. The number of aliphatic hydroxyl groups excluding tert-OH is 1. The molecule has 0 aromatic heterocycles. The minimum absolute atomic E-state index is 0.0787. The predicted molar refractivity (Wildman–Crippen MR) is 49.2 cm³/mol. The summed E-state index contributed by atoms with van der Waals surface area (Å²) in [5, 5.41) is 18.6. The average Bonchev–Trinajstić information content (AvgIpc) is 2.51. The lowest BCUT2D eigenvalue weighted by Gasteiger charge is -2.15. The van der Waals surface area contributed by atoms with Crippen LogP contribution in [0.4, 0.5) is 0 Å². The van der Waals surface area contributed by atoms with Crippen molar-refractivity contribution in [3.05, 3.63) is 0 Å². The zero-order chi connectivity index (χ0) is 10.4. The van der Waals surface area contributed by atoms with Gasteiger partial charge in [-0.25, -0.2) is 0 Å². The molecule has 0 aromatic rings. The number of rotatable bonds is 3. The molecule has 0 radical (unpaired) electrons. The summed E-state index contributed by atoms with van der Waals surface area (Å²) in [6.45, 7) is 7.64. The second kappa shape index (κ2) is 2.98. The molecule has 1 saturated carbocycles. The normalized spacial score (nSPS) is 33.1. The van der Waals surface area contributed by atoms with E-state index in [9.17, 15) is 9.90 Å². The predicted octanol–water partition coefficient (Wildman–Crippen LogP) is 1.36. The van der Waals surface area contributed by atoms with Crippen molar-refractivity contribution in [3.63, 3.8) is 0 Å². The second-order valence-electron chi connectivity index (χ2n) is 4.90. The molecular weight excluding hydrogens is 168 g/mol. The molecule has 0 aromatic carbocycles. The van der Waals surface area contributed by atoms with Gasteiger partial charge in [-0.2, -0.15) is 0 Å². The third kappa shape index (κ3) is 1.57.